The van der Waals surface area contributed by atoms with Gasteiger partial charge in [-0.1, -0.05) is 35.2 Å². The molecule has 0 bridgehead atoms. The number of amides is 4. The van der Waals surface area contributed by atoms with Crippen LogP contribution in [0.3, 0.4) is 0 Å². The molecule has 3 aliphatic rings. The van der Waals surface area contributed by atoms with E-state index in [2.05, 4.69) is 21.2 Å². The summed E-state index contributed by atoms with van der Waals surface area (Å²) in [5, 5.41) is 3.17. The summed E-state index contributed by atoms with van der Waals surface area (Å²) in [6.45, 7) is 1.08. The molecule has 8 heteroatoms. The van der Waals surface area contributed by atoms with E-state index in [9.17, 15) is 19.2 Å². The fraction of sp³-hybridized carbons (Fsp3) is 0.565. The van der Waals surface area contributed by atoms with Crippen LogP contribution in [-0.4, -0.2) is 59.1 Å². The van der Waals surface area contributed by atoms with Crippen molar-refractivity contribution in [2.24, 2.45) is 5.92 Å². The van der Waals surface area contributed by atoms with Crippen LogP contribution in [-0.2, 0) is 9.59 Å². The SMILES string of the molecule is O=C(NC1CCCCC1)C1CCCN(C(=O)CCN2C(=O)c3ccc(Br)cc3C2=O)C1. The number of hydrogen-bond acceptors (Lipinski definition) is 4. The number of rotatable bonds is 5. The molecule has 0 aromatic heterocycles. The molecule has 1 saturated heterocycles. The van der Waals surface area contributed by atoms with E-state index in [4.69, 9.17) is 0 Å². The van der Waals surface area contributed by atoms with Crippen LogP contribution < -0.4 is 5.32 Å². The molecule has 4 amide bonds. The van der Waals surface area contributed by atoms with Crippen LogP contribution >= 0.6 is 15.9 Å². The van der Waals surface area contributed by atoms with Gasteiger partial charge < -0.3 is 10.2 Å². The van der Waals surface area contributed by atoms with Crippen molar-refractivity contribution in [2.75, 3.05) is 19.6 Å². The van der Waals surface area contributed by atoms with Gasteiger partial charge in [0.25, 0.3) is 11.8 Å². The number of halogens is 1. The summed E-state index contributed by atoms with van der Waals surface area (Å²) in [7, 11) is 0. The van der Waals surface area contributed by atoms with Crippen molar-refractivity contribution < 1.29 is 19.2 Å². The first-order valence-electron chi connectivity index (χ1n) is 11.2. The maximum Gasteiger partial charge on any atom is 0.261 e. The molecule has 0 radical (unpaired) electrons. The second-order valence-electron chi connectivity index (χ2n) is 8.72. The Labute approximate surface area is 190 Å². The number of likely N-dealkylation sites (tertiary alicyclic amines) is 1. The highest BCUT2D eigenvalue weighted by Crippen LogP contribution is 2.26. The zero-order valence-electron chi connectivity index (χ0n) is 17.6. The minimum Gasteiger partial charge on any atom is -0.353 e. The van der Waals surface area contributed by atoms with E-state index in [0.717, 1.165) is 47.9 Å². The third kappa shape index (κ3) is 4.84. The second-order valence-corrected chi connectivity index (χ2v) is 9.64. The molecular formula is C23H28BrN3O4. The second kappa shape index (κ2) is 9.51. The first-order chi connectivity index (χ1) is 14.9. The predicted molar refractivity (Wildman–Crippen MR) is 118 cm³/mol. The molecule has 2 aliphatic heterocycles. The number of carbonyl (C=O) groups excluding carboxylic acids is 4. The van der Waals surface area contributed by atoms with Gasteiger partial charge in [0.05, 0.1) is 17.0 Å². The van der Waals surface area contributed by atoms with E-state index < -0.39 is 0 Å². The smallest absolute Gasteiger partial charge is 0.261 e. The lowest BCUT2D eigenvalue weighted by Crippen LogP contribution is -2.48. The number of piperidine rings is 1. The van der Waals surface area contributed by atoms with Gasteiger partial charge in [-0.05, 0) is 43.9 Å². The normalized spacial score (nSPS) is 21.9. The number of nitrogens with zero attached hydrogens (tertiary/aromatic N) is 2. The monoisotopic (exact) mass is 489 g/mol. The largest absolute Gasteiger partial charge is 0.353 e. The first kappa shape index (κ1) is 22.0. The Balaban J connectivity index is 1.30. The molecular weight excluding hydrogens is 462 g/mol. The average Bonchev–Trinajstić information content (AvgIpc) is 3.02. The Bertz CT molecular complexity index is 897. The molecule has 1 aliphatic carbocycles. The zero-order chi connectivity index (χ0) is 22.0. The van der Waals surface area contributed by atoms with Crippen molar-refractivity contribution in [3.63, 3.8) is 0 Å². The molecule has 7 nitrogen and oxygen atoms in total. The zero-order valence-corrected chi connectivity index (χ0v) is 19.2. The van der Waals surface area contributed by atoms with Gasteiger partial charge in [-0.2, -0.15) is 0 Å². The van der Waals surface area contributed by atoms with Gasteiger partial charge in [0, 0.05) is 36.6 Å². The van der Waals surface area contributed by atoms with E-state index in [1.54, 1.807) is 23.1 Å². The molecule has 1 atom stereocenters. The van der Waals surface area contributed by atoms with Gasteiger partial charge in [0.2, 0.25) is 11.8 Å². The molecule has 1 N–H and O–H groups in total. The molecule has 31 heavy (non-hydrogen) atoms. The van der Waals surface area contributed by atoms with Gasteiger partial charge >= 0.3 is 0 Å². The Kier molecular flexibility index (Phi) is 6.74. The lowest BCUT2D eigenvalue weighted by atomic mass is 9.93. The molecule has 166 valence electrons. The van der Waals surface area contributed by atoms with Crippen LogP contribution in [0.1, 0.15) is 72.1 Å². The topological polar surface area (TPSA) is 86.8 Å². The fourth-order valence-corrected chi connectivity index (χ4v) is 5.18. The van der Waals surface area contributed by atoms with Crippen molar-refractivity contribution in [3.8, 4) is 0 Å². The highest BCUT2D eigenvalue weighted by Gasteiger charge is 2.36. The third-order valence-electron chi connectivity index (χ3n) is 6.58. The quantitative estimate of drug-likeness (QED) is 0.643. The Morgan fingerprint density at radius 3 is 2.52 bits per heavy atom. The van der Waals surface area contributed by atoms with E-state index >= 15 is 0 Å². The Morgan fingerprint density at radius 2 is 1.74 bits per heavy atom. The Hall–Kier alpha value is -2.22. The number of fused-ring (bicyclic) bond motifs is 1. The summed E-state index contributed by atoms with van der Waals surface area (Å²) in [6.07, 6.45) is 7.29. The highest BCUT2D eigenvalue weighted by molar-refractivity contribution is 9.10. The standard InChI is InChI=1S/C23H28BrN3O4/c24-16-8-9-18-19(13-16)23(31)27(22(18)30)12-10-20(28)26-11-4-5-15(14-26)21(29)25-17-6-2-1-3-7-17/h8-9,13,15,17H,1-7,10-12,14H2,(H,25,29). The van der Waals surface area contributed by atoms with Crippen molar-refractivity contribution in [1.82, 2.24) is 15.1 Å². The average molecular weight is 490 g/mol. The van der Waals surface area contributed by atoms with Crippen molar-refractivity contribution in [1.29, 1.82) is 0 Å². The van der Waals surface area contributed by atoms with Gasteiger partial charge in [-0.15, -0.1) is 0 Å². The molecule has 4 rings (SSSR count). The van der Waals surface area contributed by atoms with Crippen LogP contribution in [0.5, 0.6) is 0 Å². The number of nitrogens with one attached hydrogen (secondary N) is 1. The minimum absolute atomic E-state index is 0.0512. The van der Waals surface area contributed by atoms with E-state index in [1.807, 2.05) is 0 Å². The molecule has 1 saturated carbocycles. The van der Waals surface area contributed by atoms with E-state index in [-0.39, 0.29) is 48.6 Å². The van der Waals surface area contributed by atoms with Gasteiger partial charge in [0.15, 0.2) is 0 Å². The van der Waals surface area contributed by atoms with E-state index in [1.165, 1.54) is 6.42 Å². The van der Waals surface area contributed by atoms with Crippen LogP contribution in [0.2, 0.25) is 0 Å². The summed E-state index contributed by atoms with van der Waals surface area (Å²) in [6, 6.07) is 5.26. The maximum absolute atomic E-state index is 12.8. The van der Waals surface area contributed by atoms with Gasteiger partial charge in [0.1, 0.15) is 0 Å². The molecule has 0 spiro atoms. The first-order valence-corrected chi connectivity index (χ1v) is 12.0. The number of benzene rings is 1. The maximum atomic E-state index is 12.8. The molecule has 1 unspecified atom stereocenters. The van der Waals surface area contributed by atoms with E-state index in [0.29, 0.717) is 24.2 Å². The molecule has 2 fully saturated rings. The summed E-state index contributed by atoms with van der Waals surface area (Å²) >= 11 is 3.32. The minimum atomic E-state index is -0.363. The predicted octanol–water partition coefficient (Wildman–Crippen LogP) is 3.12. The highest BCUT2D eigenvalue weighted by atomic mass is 79.9. The Morgan fingerprint density at radius 1 is 1.00 bits per heavy atom. The summed E-state index contributed by atoms with van der Waals surface area (Å²) in [5.41, 5.74) is 0.738. The molecule has 1 aromatic rings. The van der Waals surface area contributed by atoms with Gasteiger partial charge in [-0.25, -0.2) is 0 Å². The molecule has 1 aromatic carbocycles. The van der Waals surface area contributed by atoms with Crippen LogP contribution in [0, 0.1) is 5.92 Å². The van der Waals surface area contributed by atoms with Crippen molar-refractivity contribution >= 4 is 39.6 Å². The molecule has 2 heterocycles. The third-order valence-corrected chi connectivity index (χ3v) is 7.07. The van der Waals surface area contributed by atoms with Crippen molar-refractivity contribution in [2.45, 2.75) is 57.4 Å². The fourth-order valence-electron chi connectivity index (χ4n) is 4.82. The number of imide groups is 1. The van der Waals surface area contributed by atoms with Crippen LogP contribution in [0.15, 0.2) is 22.7 Å². The number of carbonyl (C=O) groups is 4. The van der Waals surface area contributed by atoms with Crippen molar-refractivity contribution in [3.05, 3.63) is 33.8 Å². The lowest BCUT2D eigenvalue weighted by Gasteiger charge is -2.33. The van der Waals surface area contributed by atoms with Crippen LogP contribution in [0.25, 0.3) is 0 Å². The summed E-state index contributed by atoms with van der Waals surface area (Å²) in [5.74, 6) is -0.972. The van der Waals surface area contributed by atoms with Gasteiger partial charge in [-0.3, -0.25) is 24.1 Å². The summed E-state index contributed by atoms with van der Waals surface area (Å²) < 4.78 is 0.733. The van der Waals surface area contributed by atoms with Crippen LogP contribution in [0.4, 0.5) is 0 Å². The summed E-state index contributed by atoms with van der Waals surface area (Å²) in [4.78, 5) is 53.5. The number of hydrogen-bond donors (Lipinski definition) is 1. The lowest BCUT2D eigenvalue weighted by molar-refractivity contribution is -0.136.